The van der Waals surface area contributed by atoms with E-state index >= 15 is 0 Å². The van der Waals surface area contributed by atoms with Crippen LogP contribution in [-0.2, 0) is 4.79 Å². The summed E-state index contributed by atoms with van der Waals surface area (Å²) < 4.78 is 0. The van der Waals surface area contributed by atoms with Gasteiger partial charge in [0.2, 0.25) is 0 Å². The number of ketones is 1. The minimum atomic E-state index is 0.266. The molecule has 108 valence electrons. The van der Waals surface area contributed by atoms with E-state index in [1.165, 1.54) is 19.3 Å². The summed E-state index contributed by atoms with van der Waals surface area (Å²) in [6.45, 7) is 9.67. The Morgan fingerprint density at radius 2 is 1.72 bits per heavy atom. The second-order valence-electron chi connectivity index (χ2n) is 6.53. The van der Waals surface area contributed by atoms with Gasteiger partial charge in [-0.15, -0.1) is 0 Å². The van der Waals surface area contributed by atoms with Crippen LogP contribution in [0.3, 0.4) is 0 Å². The van der Waals surface area contributed by atoms with E-state index in [1.807, 2.05) is 0 Å². The fourth-order valence-electron chi connectivity index (χ4n) is 2.42. The summed E-state index contributed by atoms with van der Waals surface area (Å²) in [6.07, 6.45) is 8.33. The SMILES string of the molecule is CCCCCCC(=O)CCC(CCN)C(C)(C)C. The van der Waals surface area contributed by atoms with E-state index in [0.29, 0.717) is 11.7 Å². The maximum Gasteiger partial charge on any atom is 0.132 e. The van der Waals surface area contributed by atoms with Gasteiger partial charge in [0.25, 0.3) is 0 Å². The molecular formula is C16H33NO. The van der Waals surface area contributed by atoms with E-state index in [0.717, 1.165) is 38.6 Å². The van der Waals surface area contributed by atoms with Gasteiger partial charge in [-0.3, -0.25) is 4.79 Å². The maximum absolute atomic E-state index is 11.8. The molecule has 18 heavy (non-hydrogen) atoms. The lowest BCUT2D eigenvalue weighted by Gasteiger charge is -2.30. The number of hydrogen-bond donors (Lipinski definition) is 1. The lowest BCUT2D eigenvalue weighted by Crippen LogP contribution is -2.24. The van der Waals surface area contributed by atoms with E-state index < -0.39 is 0 Å². The maximum atomic E-state index is 11.8. The Hall–Kier alpha value is -0.370. The Balaban J connectivity index is 3.86. The van der Waals surface area contributed by atoms with Crippen molar-refractivity contribution >= 4 is 5.78 Å². The van der Waals surface area contributed by atoms with Crippen molar-refractivity contribution in [1.29, 1.82) is 0 Å². The first-order chi connectivity index (χ1) is 8.41. The molecule has 0 aliphatic rings. The summed E-state index contributed by atoms with van der Waals surface area (Å²) in [7, 11) is 0. The fraction of sp³-hybridized carbons (Fsp3) is 0.938. The first-order valence-corrected chi connectivity index (χ1v) is 7.63. The van der Waals surface area contributed by atoms with Crippen LogP contribution in [0.4, 0.5) is 0 Å². The van der Waals surface area contributed by atoms with Crippen molar-refractivity contribution in [3.05, 3.63) is 0 Å². The van der Waals surface area contributed by atoms with Gasteiger partial charge < -0.3 is 5.73 Å². The van der Waals surface area contributed by atoms with Crippen molar-refractivity contribution in [3.8, 4) is 0 Å². The molecule has 1 atom stereocenters. The van der Waals surface area contributed by atoms with Gasteiger partial charge >= 0.3 is 0 Å². The third-order valence-corrected chi connectivity index (χ3v) is 3.82. The van der Waals surface area contributed by atoms with Crippen molar-refractivity contribution in [3.63, 3.8) is 0 Å². The van der Waals surface area contributed by atoms with Crippen LogP contribution in [0.1, 0.15) is 79.1 Å². The van der Waals surface area contributed by atoms with Crippen LogP contribution in [0.5, 0.6) is 0 Å². The molecule has 0 amide bonds. The first-order valence-electron chi connectivity index (χ1n) is 7.63. The van der Waals surface area contributed by atoms with E-state index in [2.05, 4.69) is 27.7 Å². The van der Waals surface area contributed by atoms with E-state index in [-0.39, 0.29) is 5.41 Å². The zero-order valence-electron chi connectivity index (χ0n) is 12.9. The molecule has 0 aromatic rings. The third kappa shape index (κ3) is 8.68. The zero-order chi connectivity index (χ0) is 14.0. The van der Waals surface area contributed by atoms with Crippen LogP contribution in [0, 0.1) is 11.3 Å². The van der Waals surface area contributed by atoms with Gasteiger partial charge in [-0.05, 0) is 37.1 Å². The smallest absolute Gasteiger partial charge is 0.132 e. The molecule has 0 saturated carbocycles. The number of rotatable bonds is 10. The van der Waals surface area contributed by atoms with E-state index in [4.69, 9.17) is 5.73 Å². The highest BCUT2D eigenvalue weighted by atomic mass is 16.1. The molecular weight excluding hydrogens is 222 g/mol. The molecule has 0 aromatic carbocycles. The monoisotopic (exact) mass is 255 g/mol. The van der Waals surface area contributed by atoms with Gasteiger partial charge in [-0.1, -0.05) is 47.0 Å². The van der Waals surface area contributed by atoms with Crippen molar-refractivity contribution in [2.45, 2.75) is 79.1 Å². The summed E-state index contributed by atoms with van der Waals surface area (Å²) in [5.74, 6) is 1.01. The lowest BCUT2D eigenvalue weighted by atomic mass is 9.76. The second-order valence-corrected chi connectivity index (χ2v) is 6.53. The predicted molar refractivity (Wildman–Crippen MR) is 79.6 cm³/mol. The number of nitrogens with two attached hydrogens (primary N) is 1. The Morgan fingerprint density at radius 3 is 2.22 bits per heavy atom. The Morgan fingerprint density at radius 1 is 1.06 bits per heavy atom. The standard InChI is InChI=1S/C16H33NO/c1-5-6-7-8-9-15(18)11-10-14(12-13-17)16(2,3)4/h14H,5-13,17H2,1-4H3. The first kappa shape index (κ1) is 17.6. The Kier molecular flexibility index (Phi) is 9.35. The summed E-state index contributed by atoms with van der Waals surface area (Å²) in [6, 6.07) is 0. The lowest BCUT2D eigenvalue weighted by molar-refractivity contribution is -0.119. The number of carbonyl (C=O) groups excluding carboxylic acids is 1. The van der Waals surface area contributed by atoms with Crippen molar-refractivity contribution in [1.82, 2.24) is 0 Å². The number of hydrogen-bond acceptors (Lipinski definition) is 2. The van der Waals surface area contributed by atoms with Gasteiger partial charge in [0.05, 0.1) is 0 Å². The summed E-state index contributed by atoms with van der Waals surface area (Å²) in [5, 5.41) is 0. The summed E-state index contributed by atoms with van der Waals surface area (Å²) in [4.78, 5) is 11.8. The summed E-state index contributed by atoms with van der Waals surface area (Å²) in [5.41, 5.74) is 5.93. The van der Waals surface area contributed by atoms with Gasteiger partial charge in [-0.25, -0.2) is 0 Å². The summed E-state index contributed by atoms with van der Waals surface area (Å²) >= 11 is 0. The average molecular weight is 255 g/mol. The van der Waals surface area contributed by atoms with Crippen LogP contribution < -0.4 is 5.73 Å². The third-order valence-electron chi connectivity index (χ3n) is 3.82. The largest absolute Gasteiger partial charge is 0.330 e. The van der Waals surface area contributed by atoms with Crippen molar-refractivity contribution < 1.29 is 4.79 Å². The second kappa shape index (κ2) is 9.55. The van der Waals surface area contributed by atoms with Gasteiger partial charge in [0.1, 0.15) is 5.78 Å². The highest BCUT2D eigenvalue weighted by molar-refractivity contribution is 5.78. The molecule has 2 N–H and O–H groups in total. The van der Waals surface area contributed by atoms with Gasteiger partial charge in [0, 0.05) is 12.8 Å². The Labute approximate surface area is 114 Å². The number of unbranched alkanes of at least 4 members (excludes halogenated alkanes) is 3. The number of carbonyl (C=O) groups is 1. The highest BCUT2D eigenvalue weighted by Crippen LogP contribution is 2.32. The van der Waals surface area contributed by atoms with Crippen LogP contribution in [0.25, 0.3) is 0 Å². The van der Waals surface area contributed by atoms with E-state index in [1.54, 1.807) is 0 Å². The van der Waals surface area contributed by atoms with Crippen molar-refractivity contribution in [2.75, 3.05) is 6.54 Å². The van der Waals surface area contributed by atoms with Crippen LogP contribution >= 0.6 is 0 Å². The molecule has 0 fully saturated rings. The highest BCUT2D eigenvalue weighted by Gasteiger charge is 2.24. The molecule has 0 saturated heterocycles. The molecule has 1 unspecified atom stereocenters. The van der Waals surface area contributed by atoms with Gasteiger partial charge in [0.15, 0.2) is 0 Å². The molecule has 2 nitrogen and oxygen atoms in total. The molecule has 0 aliphatic heterocycles. The molecule has 2 heteroatoms. The van der Waals surface area contributed by atoms with Gasteiger partial charge in [-0.2, -0.15) is 0 Å². The predicted octanol–water partition coefficient (Wildman–Crippen LogP) is 4.32. The quantitative estimate of drug-likeness (QED) is 0.591. The molecule has 0 aliphatic carbocycles. The zero-order valence-corrected chi connectivity index (χ0v) is 12.9. The molecule has 0 bridgehead atoms. The van der Waals surface area contributed by atoms with Crippen LogP contribution in [-0.4, -0.2) is 12.3 Å². The minimum Gasteiger partial charge on any atom is -0.330 e. The van der Waals surface area contributed by atoms with Crippen LogP contribution in [0.15, 0.2) is 0 Å². The van der Waals surface area contributed by atoms with Crippen LogP contribution in [0.2, 0.25) is 0 Å². The minimum absolute atomic E-state index is 0.266. The molecule has 0 spiro atoms. The van der Waals surface area contributed by atoms with Crippen molar-refractivity contribution in [2.24, 2.45) is 17.1 Å². The molecule has 0 aromatic heterocycles. The molecule has 0 radical (unpaired) electrons. The topological polar surface area (TPSA) is 43.1 Å². The van der Waals surface area contributed by atoms with E-state index in [9.17, 15) is 4.79 Å². The fourth-order valence-corrected chi connectivity index (χ4v) is 2.42. The molecule has 0 heterocycles. The molecule has 0 rings (SSSR count). The average Bonchev–Trinajstić information content (AvgIpc) is 2.28. The normalized spacial score (nSPS) is 13.6. The Bertz CT molecular complexity index is 218. The number of Topliss-reactive ketones (excluding diaryl/α,β-unsaturated/α-hetero) is 1.